The van der Waals surface area contributed by atoms with E-state index in [0.29, 0.717) is 12.8 Å². The maximum Gasteiger partial charge on any atom is 0.220 e. The maximum atomic E-state index is 13.2. The molecule has 2 saturated heterocycles. The van der Waals surface area contributed by atoms with E-state index in [1.807, 2.05) is 53.0 Å². The summed E-state index contributed by atoms with van der Waals surface area (Å²) in [6.07, 6.45) is 5.56. The lowest BCUT2D eigenvalue weighted by molar-refractivity contribution is -0.136. The lowest BCUT2D eigenvalue weighted by atomic mass is 9.74. The smallest absolute Gasteiger partial charge is 0.220 e. The van der Waals surface area contributed by atoms with Crippen molar-refractivity contribution in [2.75, 3.05) is 0 Å². The van der Waals surface area contributed by atoms with Crippen LogP contribution in [0.15, 0.2) is 11.0 Å². The highest BCUT2D eigenvalue weighted by molar-refractivity contribution is 7.09. The molecule has 2 aliphatic rings. The summed E-state index contributed by atoms with van der Waals surface area (Å²) in [4.78, 5) is 30.7. The Bertz CT molecular complexity index is 923. The lowest BCUT2D eigenvalue weighted by Gasteiger charge is -2.31. The quantitative estimate of drug-likeness (QED) is 0.564. The Morgan fingerprint density at radius 3 is 2.62 bits per heavy atom. The molecular formula is C27H42N2O4S. The third kappa shape index (κ3) is 6.55. The van der Waals surface area contributed by atoms with Gasteiger partial charge in [0.25, 0.3) is 0 Å². The Kier molecular flexibility index (Phi) is 8.42. The van der Waals surface area contributed by atoms with Crippen LogP contribution in [0.3, 0.4) is 0 Å². The Labute approximate surface area is 208 Å². The number of thiazole rings is 1. The van der Waals surface area contributed by atoms with Crippen molar-refractivity contribution in [2.45, 2.75) is 111 Å². The fraction of sp³-hybridized carbons (Fsp3) is 0.741. The van der Waals surface area contributed by atoms with E-state index >= 15 is 0 Å². The number of hydrogen-bond donors (Lipinski definition) is 2. The number of aromatic nitrogens is 1. The first-order valence-electron chi connectivity index (χ1n) is 12.6. The molecule has 2 N–H and O–H groups in total. The molecule has 6 atom stereocenters. The molecule has 0 saturated carbocycles. The van der Waals surface area contributed by atoms with Gasteiger partial charge in [0.15, 0.2) is 0 Å². The number of carbonyl (C=O) groups excluding carboxylic acids is 2. The number of aliphatic hydroxyl groups is 1. The van der Waals surface area contributed by atoms with Crippen LogP contribution in [-0.2, 0) is 14.3 Å². The second-order valence-corrected chi connectivity index (χ2v) is 12.4. The number of amides is 1. The molecule has 0 radical (unpaired) electrons. The zero-order valence-corrected chi connectivity index (χ0v) is 22.6. The van der Waals surface area contributed by atoms with Gasteiger partial charge >= 0.3 is 0 Å². The van der Waals surface area contributed by atoms with E-state index in [2.05, 4.69) is 17.2 Å². The molecule has 0 aliphatic carbocycles. The molecule has 1 aromatic heterocycles. The highest BCUT2D eigenvalue weighted by Crippen LogP contribution is 2.44. The third-order valence-corrected chi connectivity index (χ3v) is 8.66. The van der Waals surface area contributed by atoms with Crippen molar-refractivity contribution in [3.05, 3.63) is 21.7 Å². The second kappa shape index (κ2) is 10.6. The normalized spacial score (nSPS) is 36.0. The largest absolute Gasteiger partial charge is 0.392 e. The van der Waals surface area contributed by atoms with E-state index in [1.54, 1.807) is 11.3 Å². The summed E-state index contributed by atoms with van der Waals surface area (Å²) in [6.45, 7) is 13.8. The zero-order valence-electron chi connectivity index (χ0n) is 21.8. The van der Waals surface area contributed by atoms with E-state index in [4.69, 9.17) is 4.74 Å². The minimum atomic E-state index is -0.677. The molecule has 6 nitrogen and oxygen atoms in total. The molecule has 0 unspecified atom stereocenters. The average Bonchev–Trinajstić information content (AvgIpc) is 3.21. The number of epoxide rings is 1. The van der Waals surface area contributed by atoms with Gasteiger partial charge in [-0.2, -0.15) is 0 Å². The second-order valence-electron chi connectivity index (χ2n) is 11.4. The number of ether oxygens (including phenoxy) is 1. The number of hydrogen-bond acceptors (Lipinski definition) is 6. The molecule has 2 fully saturated rings. The molecule has 3 heterocycles. The SMILES string of the molecule is C/C(=C\c1csc(C)n1)[C@@H]1C[C@@H]2O[C@]2(C)CCC[C@H](C)[C@H](O)[C@@H](C)C(=O)C(C)(C)CCC(=O)N1. The van der Waals surface area contributed by atoms with Gasteiger partial charge in [0.1, 0.15) is 5.78 Å². The summed E-state index contributed by atoms with van der Waals surface area (Å²) in [6, 6.07) is -0.146. The molecule has 1 amide bonds. The van der Waals surface area contributed by atoms with Crippen LogP contribution in [0.25, 0.3) is 6.08 Å². The van der Waals surface area contributed by atoms with Gasteiger partial charge < -0.3 is 15.2 Å². The summed E-state index contributed by atoms with van der Waals surface area (Å²) in [5, 5.41) is 17.1. The van der Waals surface area contributed by atoms with E-state index in [1.165, 1.54) is 0 Å². The van der Waals surface area contributed by atoms with Crippen LogP contribution in [-0.4, -0.2) is 45.6 Å². The van der Waals surface area contributed by atoms with Crippen LogP contribution >= 0.6 is 11.3 Å². The summed E-state index contributed by atoms with van der Waals surface area (Å²) in [7, 11) is 0. The minimum Gasteiger partial charge on any atom is -0.392 e. The summed E-state index contributed by atoms with van der Waals surface area (Å²) >= 11 is 1.61. The molecule has 2 aliphatic heterocycles. The van der Waals surface area contributed by atoms with E-state index < -0.39 is 17.4 Å². The predicted molar refractivity (Wildman–Crippen MR) is 137 cm³/mol. The van der Waals surface area contributed by atoms with Crippen molar-refractivity contribution in [2.24, 2.45) is 17.3 Å². The lowest BCUT2D eigenvalue weighted by Crippen LogP contribution is -2.41. The fourth-order valence-corrected chi connectivity index (χ4v) is 5.76. The minimum absolute atomic E-state index is 0.0239. The summed E-state index contributed by atoms with van der Waals surface area (Å²) in [5.41, 5.74) is 1.09. The van der Waals surface area contributed by atoms with Crippen molar-refractivity contribution in [3.63, 3.8) is 0 Å². The topological polar surface area (TPSA) is 91.8 Å². The maximum absolute atomic E-state index is 13.2. The van der Waals surface area contributed by atoms with Crippen LogP contribution in [0.4, 0.5) is 0 Å². The highest BCUT2D eigenvalue weighted by Gasteiger charge is 2.52. The molecule has 34 heavy (non-hydrogen) atoms. The van der Waals surface area contributed by atoms with Crippen molar-refractivity contribution in [1.82, 2.24) is 10.3 Å². The van der Waals surface area contributed by atoms with Crippen LogP contribution in [0.5, 0.6) is 0 Å². The number of rotatable bonds is 2. The third-order valence-electron chi connectivity index (χ3n) is 7.87. The van der Waals surface area contributed by atoms with Gasteiger partial charge in [-0.25, -0.2) is 4.98 Å². The predicted octanol–water partition coefficient (Wildman–Crippen LogP) is 5.08. The Morgan fingerprint density at radius 1 is 1.26 bits per heavy atom. The van der Waals surface area contributed by atoms with Gasteiger partial charge in [-0.3, -0.25) is 9.59 Å². The van der Waals surface area contributed by atoms with Crippen LogP contribution in [0.1, 0.15) is 90.8 Å². The molecular weight excluding hydrogens is 448 g/mol. The highest BCUT2D eigenvalue weighted by atomic mass is 32.1. The summed E-state index contributed by atoms with van der Waals surface area (Å²) < 4.78 is 6.12. The van der Waals surface area contributed by atoms with Gasteiger partial charge in [0.05, 0.1) is 34.6 Å². The van der Waals surface area contributed by atoms with Crippen LogP contribution in [0.2, 0.25) is 0 Å². The first kappa shape index (κ1) is 27.0. The van der Waals surface area contributed by atoms with Gasteiger partial charge in [0.2, 0.25) is 5.91 Å². The number of nitrogens with one attached hydrogen (secondary N) is 1. The van der Waals surface area contributed by atoms with Crippen LogP contribution in [0, 0.1) is 24.2 Å². The number of fused-ring (bicyclic) bond motifs is 1. The Balaban J connectivity index is 1.81. The number of aliphatic hydroxyl groups excluding tert-OH is 1. The van der Waals surface area contributed by atoms with Gasteiger partial charge in [-0.15, -0.1) is 11.3 Å². The van der Waals surface area contributed by atoms with Crippen molar-refractivity contribution in [1.29, 1.82) is 0 Å². The number of nitrogens with zero attached hydrogens (tertiary/aromatic N) is 1. The van der Waals surface area contributed by atoms with Gasteiger partial charge in [0, 0.05) is 29.6 Å². The first-order valence-corrected chi connectivity index (χ1v) is 13.5. The number of Topliss-reactive ketones (excluding diaryl/α,β-unsaturated/α-hetero) is 1. The molecule has 0 aromatic carbocycles. The van der Waals surface area contributed by atoms with Gasteiger partial charge in [-0.05, 0) is 57.6 Å². The van der Waals surface area contributed by atoms with Crippen LogP contribution < -0.4 is 5.32 Å². The molecule has 3 rings (SSSR count). The van der Waals surface area contributed by atoms with Crippen molar-refractivity contribution in [3.8, 4) is 0 Å². The monoisotopic (exact) mass is 490 g/mol. The van der Waals surface area contributed by atoms with Crippen molar-refractivity contribution < 1.29 is 19.4 Å². The van der Waals surface area contributed by atoms with E-state index in [0.717, 1.165) is 35.5 Å². The number of carbonyl (C=O) groups is 2. The number of ketones is 1. The molecule has 1 aromatic rings. The molecule has 0 bridgehead atoms. The Hall–Kier alpha value is -1.57. The Morgan fingerprint density at radius 2 is 1.97 bits per heavy atom. The molecule has 0 spiro atoms. The summed E-state index contributed by atoms with van der Waals surface area (Å²) in [5.74, 6) is -0.466. The molecule has 190 valence electrons. The van der Waals surface area contributed by atoms with Crippen molar-refractivity contribution >= 4 is 29.1 Å². The van der Waals surface area contributed by atoms with E-state index in [9.17, 15) is 14.7 Å². The standard InChI is InChI=1S/C27H42N2O4S/c1-16-9-8-11-27(7)22(33-27)14-21(17(2)13-20-15-34-19(4)28-20)29-23(30)10-12-26(5,6)25(32)18(3)24(16)31/h13,15-16,18,21-22,24,31H,8-12,14H2,1-7H3,(H,29,30)/b17-13+/t16-,18+,21-,22-,24-,27+/m0/s1. The first-order chi connectivity index (χ1) is 15.8. The number of aryl methyl sites for hydroxylation is 1. The molecule has 7 heteroatoms. The zero-order chi connectivity index (χ0) is 25.3. The average molecular weight is 491 g/mol. The van der Waals surface area contributed by atoms with E-state index in [-0.39, 0.29) is 41.8 Å². The fourth-order valence-electron chi connectivity index (χ4n) is 5.19. The van der Waals surface area contributed by atoms with Gasteiger partial charge in [-0.1, -0.05) is 34.1 Å².